The minimum atomic E-state index is -0.668. The summed E-state index contributed by atoms with van der Waals surface area (Å²) in [6.45, 7) is 3.30. The molecule has 1 heterocycles. The Balaban J connectivity index is 1.92. The number of carbonyl (C=O) groups is 1. The zero-order valence-electron chi connectivity index (χ0n) is 9.02. The van der Waals surface area contributed by atoms with Crippen LogP contribution in [-0.2, 0) is 9.53 Å². The third kappa shape index (κ3) is 2.69. The lowest BCUT2D eigenvalue weighted by molar-refractivity contribution is -0.140. The monoisotopic (exact) mass is 213 g/mol. The average molecular weight is 213 g/mol. The van der Waals surface area contributed by atoms with Gasteiger partial charge in [-0.25, -0.2) is 0 Å². The van der Waals surface area contributed by atoms with Crippen molar-refractivity contribution in [1.29, 1.82) is 0 Å². The van der Waals surface area contributed by atoms with E-state index in [2.05, 4.69) is 4.90 Å². The smallest absolute Gasteiger partial charge is 0.304 e. The molecule has 1 saturated heterocycles. The Labute approximate surface area is 90.2 Å². The molecule has 1 aliphatic carbocycles. The van der Waals surface area contributed by atoms with Crippen LogP contribution in [0.4, 0.5) is 0 Å². The highest BCUT2D eigenvalue weighted by atomic mass is 16.5. The zero-order chi connectivity index (χ0) is 10.7. The van der Waals surface area contributed by atoms with Crippen LogP contribution >= 0.6 is 0 Å². The summed E-state index contributed by atoms with van der Waals surface area (Å²) in [6, 6.07) is 0.250. The fourth-order valence-corrected chi connectivity index (χ4v) is 2.51. The molecule has 1 N–H and O–H groups in total. The van der Waals surface area contributed by atoms with Crippen LogP contribution in [0.3, 0.4) is 0 Å². The highest BCUT2D eigenvalue weighted by molar-refractivity contribution is 5.67. The normalized spacial score (nSPS) is 25.9. The highest BCUT2D eigenvalue weighted by Crippen LogP contribution is 2.34. The summed E-state index contributed by atoms with van der Waals surface area (Å²) in [5, 5.41) is 8.93. The molecule has 15 heavy (non-hydrogen) atoms. The summed E-state index contributed by atoms with van der Waals surface area (Å²) in [4.78, 5) is 13.1. The molecule has 2 rings (SSSR count). The van der Waals surface area contributed by atoms with E-state index >= 15 is 0 Å². The Kier molecular flexibility index (Phi) is 3.59. The van der Waals surface area contributed by atoms with Crippen molar-refractivity contribution < 1.29 is 14.6 Å². The topological polar surface area (TPSA) is 49.8 Å². The molecule has 0 spiro atoms. The van der Waals surface area contributed by atoms with E-state index in [0.29, 0.717) is 12.3 Å². The van der Waals surface area contributed by atoms with Crippen LogP contribution in [0.5, 0.6) is 0 Å². The Morgan fingerprint density at radius 1 is 1.40 bits per heavy atom. The minimum absolute atomic E-state index is 0.250. The molecule has 0 aromatic carbocycles. The predicted octanol–water partition coefficient (Wildman–Crippen LogP) is 0.962. The number of ether oxygens (including phenoxy) is 1. The molecule has 1 atom stereocenters. The second kappa shape index (κ2) is 4.94. The van der Waals surface area contributed by atoms with Gasteiger partial charge in [-0.05, 0) is 18.8 Å². The van der Waals surface area contributed by atoms with Crippen molar-refractivity contribution in [3.63, 3.8) is 0 Å². The first-order chi connectivity index (χ1) is 7.27. The molecule has 1 aliphatic heterocycles. The van der Waals surface area contributed by atoms with E-state index in [1.165, 1.54) is 19.3 Å². The minimum Gasteiger partial charge on any atom is -0.481 e. The maximum absolute atomic E-state index is 10.8. The van der Waals surface area contributed by atoms with E-state index in [0.717, 1.165) is 26.3 Å². The van der Waals surface area contributed by atoms with Gasteiger partial charge in [-0.1, -0.05) is 6.42 Å². The molecule has 4 heteroatoms. The van der Waals surface area contributed by atoms with Gasteiger partial charge in [0.2, 0.25) is 0 Å². The summed E-state index contributed by atoms with van der Waals surface area (Å²) in [5.41, 5.74) is 0. The molecule has 1 saturated carbocycles. The molecule has 0 radical (unpaired) electrons. The molecule has 2 aliphatic rings. The van der Waals surface area contributed by atoms with Crippen molar-refractivity contribution in [2.45, 2.75) is 31.7 Å². The lowest BCUT2D eigenvalue weighted by Crippen LogP contribution is -2.49. The Hall–Kier alpha value is -0.610. The SMILES string of the molecule is O=C(O)CC(C1CCC1)N1CCOCC1. The van der Waals surface area contributed by atoms with Crippen LogP contribution in [0, 0.1) is 5.92 Å². The van der Waals surface area contributed by atoms with Crippen molar-refractivity contribution in [1.82, 2.24) is 4.90 Å². The van der Waals surface area contributed by atoms with E-state index in [-0.39, 0.29) is 6.04 Å². The second-order valence-corrected chi connectivity index (χ2v) is 4.50. The van der Waals surface area contributed by atoms with Crippen molar-refractivity contribution in [3.8, 4) is 0 Å². The second-order valence-electron chi connectivity index (χ2n) is 4.50. The molecule has 0 aromatic rings. The van der Waals surface area contributed by atoms with Gasteiger partial charge in [0, 0.05) is 19.1 Å². The molecule has 4 nitrogen and oxygen atoms in total. The van der Waals surface area contributed by atoms with Crippen LogP contribution in [0.1, 0.15) is 25.7 Å². The van der Waals surface area contributed by atoms with Gasteiger partial charge < -0.3 is 9.84 Å². The molecule has 86 valence electrons. The van der Waals surface area contributed by atoms with E-state index in [9.17, 15) is 4.79 Å². The number of carboxylic acids is 1. The van der Waals surface area contributed by atoms with Crippen LogP contribution in [-0.4, -0.2) is 48.3 Å². The first-order valence-corrected chi connectivity index (χ1v) is 5.81. The molecular formula is C11H19NO3. The van der Waals surface area contributed by atoms with Crippen LogP contribution in [0.15, 0.2) is 0 Å². The summed E-state index contributed by atoms with van der Waals surface area (Å²) < 4.78 is 5.30. The number of nitrogens with zero attached hydrogens (tertiary/aromatic N) is 1. The zero-order valence-corrected chi connectivity index (χ0v) is 9.02. The van der Waals surface area contributed by atoms with Gasteiger partial charge in [0.15, 0.2) is 0 Å². The fourth-order valence-electron chi connectivity index (χ4n) is 2.51. The Bertz CT molecular complexity index is 222. The van der Waals surface area contributed by atoms with E-state index in [1.54, 1.807) is 0 Å². The van der Waals surface area contributed by atoms with Crippen molar-refractivity contribution in [2.75, 3.05) is 26.3 Å². The van der Waals surface area contributed by atoms with E-state index in [1.807, 2.05) is 0 Å². The van der Waals surface area contributed by atoms with Gasteiger partial charge in [-0.15, -0.1) is 0 Å². The summed E-state index contributed by atoms with van der Waals surface area (Å²) in [6.07, 6.45) is 3.97. The van der Waals surface area contributed by atoms with E-state index < -0.39 is 5.97 Å². The Morgan fingerprint density at radius 3 is 2.53 bits per heavy atom. The quantitative estimate of drug-likeness (QED) is 0.755. The van der Waals surface area contributed by atoms with Gasteiger partial charge in [0.25, 0.3) is 0 Å². The lowest BCUT2D eigenvalue weighted by atomic mass is 9.77. The van der Waals surface area contributed by atoms with Gasteiger partial charge in [0.1, 0.15) is 0 Å². The molecule has 2 fully saturated rings. The molecule has 0 aromatic heterocycles. The fraction of sp³-hybridized carbons (Fsp3) is 0.909. The number of hydrogen-bond acceptors (Lipinski definition) is 3. The van der Waals surface area contributed by atoms with Crippen molar-refractivity contribution >= 4 is 5.97 Å². The number of hydrogen-bond donors (Lipinski definition) is 1. The lowest BCUT2D eigenvalue weighted by Gasteiger charge is -2.42. The summed E-state index contributed by atoms with van der Waals surface area (Å²) in [7, 11) is 0. The molecule has 0 bridgehead atoms. The number of carboxylic acid groups (broad SMARTS) is 1. The predicted molar refractivity (Wildman–Crippen MR) is 55.8 cm³/mol. The molecule has 0 amide bonds. The maximum atomic E-state index is 10.8. The largest absolute Gasteiger partial charge is 0.481 e. The van der Waals surface area contributed by atoms with Gasteiger partial charge in [-0.3, -0.25) is 9.69 Å². The van der Waals surface area contributed by atoms with Crippen LogP contribution < -0.4 is 0 Å². The molecule has 1 unspecified atom stereocenters. The number of aliphatic carboxylic acids is 1. The molecular weight excluding hydrogens is 194 g/mol. The number of morpholine rings is 1. The van der Waals surface area contributed by atoms with Crippen LogP contribution in [0.2, 0.25) is 0 Å². The average Bonchev–Trinajstić information content (AvgIpc) is 2.15. The van der Waals surface area contributed by atoms with E-state index in [4.69, 9.17) is 9.84 Å². The highest BCUT2D eigenvalue weighted by Gasteiger charge is 2.33. The van der Waals surface area contributed by atoms with Crippen molar-refractivity contribution in [2.24, 2.45) is 5.92 Å². The first kappa shape index (κ1) is 10.9. The first-order valence-electron chi connectivity index (χ1n) is 5.81. The van der Waals surface area contributed by atoms with Gasteiger partial charge >= 0.3 is 5.97 Å². The number of rotatable bonds is 4. The third-order valence-electron chi connectivity index (χ3n) is 3.59. The maximum Gasteiger partial charge on any atom is 0.304 e. The van der Waals surface area contributed by atoms with Gasteiger partial charge in [0.05, 0.1) is 19.6 Å². The van der Waals surface area contributed by atoms with Gasteiger partial charge in [-0.2, -0.15) is 0 Å². The summed E-state index contributed by atoms with van der Waals surface area (Å²) in [5.74, 6) is -0.0578. The van der Waals surface area contributed by atoms with Crippen molar-refractivity contribution in [3.05, 3.63) is 0 Å². The Morgan fingerprint density at radius 2 is 2.07 bits per heavy atom. The third-order valence-corrected chi connectivity index (χ3v) is 3.59. The summed E-state index contributed by atoms with van der Waals surface area (Å²) >= 11 is 0. The standard InChI is InChI=1S/C11H19NO3/c13-11(14)8-10(9-2-1-3-9)12-4-6-15-7-5-12/h9-10H,1-8H2,(H,13,14). The van der Waals surface area contributed by atoms with Crippen LogP contribution in [0.25, 0.3) is 0 Å².